The van der Waals surface area contributed by atoms with Crippen LogP contribution in [0.2, 0.25) is 0 Å². The Balaban J connectivity index is 1.35. The van der Waals surface area contributed by atoms with E-state index in [0.717, 1.165) is 31.4 Å². The van der Waals surface area contributed by atoms with Crippen LogP contribution in [0.15, 0.2) is 42.5 Å². The Morgan fingerprint density at radius 3 is 2.42 bits per heavy atom. The summed E-state index contributed by atoms with van der Waals surface area (Å²) in [5.74, 6) is 1.90. The second-order valence-corrected chi connectivity index (χ2v) is 8.44. The van der Waals surface area contributed by atoms with Gasteiger partial charge in [0.15, 0.2) is 16.6 Å². The Bertz CT molecular complexity index is 940. The molecule has 0 bridgehead atoms. The predicted molar refractivity (Wildman–Crippen MR) is 124 cm³/mol. The zero-order valence-electron chi connectivity index (χ0n) is 18.1. The van der Waals surface area contributed by atoms with Crippen LogP contribution in [0.3, 0.4) is 0 Å². The van der Waals surface area contributed by atoms with E-state index in [0.29, 0.717) is 42.0 Å². The SMILES string of the molecule is COc1cccc(CNC(=S)N2CCCN2C(=O)CC2Cc3ccccc3C2)c1OC. The number of ether oxygens (including phenoxy) is 2. The normalized spacial score (nSPS) is 15.7. The lowest BCUT2D eigenvalue weighted by molar-refractivity contribution is -0.139. The number of hydrazine groups is 1. The molecule has 4 rings (SSSR count). The van der Waals surface area contributed by atoms with E-state index in [1.807, 2.05) is 28.2 Å². The predicted octanol–water partition coefficient (Wildman–Crippen LogP) is 3.33. The smallest absolute Gasteiger partial charge is 0.241 e. The maximum atomic E-state index is 13.1. The number of fused-ring (bicyclic) bond motifs is 1. The lowest BCUT2D eigenvalue weighted by Gasteiger charge is -2.31. The van der Waals surface area contributed by atoms with E-state index in [-0.39, 0.29) is 5.91 Å². The van der Waals surface area contributed by atoms with E-state index < -0.39 is 0 Å². The van der Waals surface area contributed by atoms with Crippen molar-refractivity contribution in [3.8, 4) is 11.5 Å². The zero-order valence-corrected chi connectivity index (χ0v) is 18.9. The van der Waals surface area contributed by atoms with Crippen molar-refractivity contribution in [2.24, 2.45) is 5.92 Å². The van der Waals surface area contributed by atoms with Crippen LogP contribution in [-0.4, -0.2) is 48.3 Å². The Kier molecular flexibility index (Phi) is 6.61. The molecule has 0 saturated carbocycles. The molecule has 0 unspecified atom stereocenters. The molecular weight excluding hydrogens is 410 g/mol. The van der Waals surface area contributed by atoms with Gasteiger partial charge in [0, 0.05) is 31.6 Å². The van der Waals surface area contributed by atoms with Crippen LogP contribution >= 0.6 is 12.2 Å². The fourth-order valence-electron chi connectivity index (χ4n) is 4.58. The monoisotopic (exact) mass is 439 g/mol. The lowest BCUT2D eigenvalue weighted by Crippen LogP contribution is -2.49. The van der Waals surface area contributed by atoms with E-state index in [4.69, 9.17) is 21.7 Å². The molecule has 2 aromatic rings. The van der Waals surface area contributed by atoms with Gasteiger partial charge >= 0.3 is 0 Å². The minimum absolute atomic E-state index is 0.151. The van der Waals surface area contributed by atoms with Gasteiger partial charge in [-0.2, -0.15) is 0 Å². The van der Waals surface area contributed by atoms with Crippen molar-refractivity contribution in [1.29, 1.82) is 0 Å². The highest BCUT2D eigenvalue weighted by atomic mass is 32.1. The second-order valence-electron chi connectivity index (χ2n) is 8.05. The van der Waals surface area contributed by atoms with Crippen LogP contribution in [0.25, 0.3) is 0 Å². The molecule has 2 aliphatic rings. The molecule has 6 nitrogen and oxygen atoms in total. The number of carbonyl (C=O) groups excluding carboxylic acids is 1. The average molecular weight is 440 g/mol. The molecule has 1 heterocycles. The summed E-state index contributed by atoms with van der Waals surface area (Å²) in [5.41, 5.74) is 3.70. The summed E-state index contributed by atoms with van der Waals surface area (Å²) in [6.07, 6.45) is 3.43. The number of amides is 1. The summed E-state index contributed by atoms with van der Waals surface area (Å²) in [6, 6.07) is 14.3. The summed E-state index contributed by atoms with van der Waals surface area (Å²) >= 11 is 5.64. The number of nitrogens with zero attached hydrogens (tertiary/aromatic N) is 2. The number of thiocarbonyl (C=S) groups is 1. The van der Waals surface area contributed by atoms with Crippen LogP contribution in [0.1, 0.15) is 29.5 Å². The van der Waals surface area contributed by atoms with Crippen molar-refractivity contribution in [1.82, 2.24) is 15.3 Å². The van der Waals surface area contributed by atoms with E-state index in [1.54, 1.807) is 14.2 Å². The van der Waals surface area contributed by atoms with Crippen molar-refractivity contribution in [2.45, 2.75) is 32.2 Å². The first-order valence-corrected chi connectivity index (χ1v) is 11.1. The topological polar surface area (TPSA) is 54.0 Å². The molecule has 164 valence electrons. The lowest BCUT2D eigenvalue weighted by atomic mass is 10.0. The number of nitrogens with one attached hydrogen (secondary N) is 1. The number of carbonyl (C=O) groups is 1. The molecule has 0 radical (unpaired) electrons. The summed E-state index contributed by atoms with van der Waals surface area (Å²) in [4.78, 5) is 13.1. The molecule has 1 aliphatic heterocycles. The highest BCUT2D eigenvalue weighted by molar-refractivity contribution is 7.80. The minimum atomic E-state index is 0.151. The van der Waals surface area contributed by atoms with Crippen molar-refractivity contribution < 1.29 is 14.3 Å². The maximum absolute atomic E-state index is 13.1. The molecule has 2 aromatic carbocycles. The van der Waals surface area contributed by atoms with Crippen molar-refractivity contribution in [3.63, 3.8) is 0 Å². The molecule has 1 amide bonds. The van der Waals surface area contributed by atoms with E-state index in [9.17, 15) is 4.79 Å². The highest BCUT2D eigenvalue weighted by Crippen LogP contribution is 2.31. The first-order chi connectivity index (χ1) is 15.1. The number of hydrogen-bond donors (Lipinski definition) is 1. The standard InChI is InChI=1S/C24H29N3O3S/c1-29-21-10-5-9-20(23(21)30-2)16-25-24(31)27-12-6-11-26(27)22(28)15-17-13-18-7-3-4-8-19(18)14-17/h3-5,7-10,17H,6,11-16H2,1-2H3,(H,25,31). The Hall–Kier alpha value is -2.80. The Morgan fingerprint density at radius 2 is 1.74 bits per heavy atom. The highest BCUT2D eigenvalue weighted by Gasteiger charge is 2.31. The summed E-state index contributed by atoms with van der Waals surface area (Å²) in [6.45, 7) is 1.95. The van der Waals surface area contributed by atoms with Gasteiger partial charge in [0.1, 0.15) is 0 Å². The van der Waals surface area contributed by atoms with Gasteiger partial charge in [-0.1, -0.05) is 36.4 Å². The van der Waals surface area contributed by atoms with Crippen LogP contribution < -0.4 is 14.8 Å². The minimum Gasteiger partial charge on any atom is -0.493 e. The van der Waals surface area contributed by atoms with Gasteiger partial charge in [-0.15, -0.1) is 0 Å². The molecule has 7 heteroatoms. The van der Waals surface area contributed by atoms with Crippen LogP contribution in [0, 0.1) is 5.92 Å². The van der Waals surface area contributed by atoms with Gasteiger partial charge in [0.05, 0.1) is 14.2 Å². The fourth-order valence-corrected chi connectivity index (χ4v) is 4.85. The fraction of sp³-hybridized carbons (Fsp3) is 0.417. The van der Waals surface area contributed by atoms with E-state index in [1.165, 1.54) is 11.1 Å². The molecular formula is C24H29N3O3S. The van der Waals surface area contributed by atoms with Crippen molar-refractivity contribution in [2.75, 3.05) is 27.3 Å². The van der Waals surface area contributed by atoms with Crippen LogP contribution in [0.5, 0.6) is 11.5 Å². The van der Waals surface area contributed by atoms with Crippen molar-refractivity contribution >= 4 is 23.2 Å². The van der Waals surface area contributed by atoms with E-state index >= 15 is 0 Å². The van der Waals surface area contributed by atoms with Gasteiger partial charge in [0.2, 0.25) is 5.91 Å². The second kappa shape index (κ2) is 9.56. The van der Waals surface area contributed by atoms with Gasteiger partial charge in [-0.25, -0.2) is 0 Å². The molecule has 0 atom stereocenters. The molecule has 0 aromatic heterocycles. The van der Waals surface area contributed by atoms with Gasteiger partial charge < -0.3 is 14.8 Å². The quantitative estimate of drug-likeness (QED) is 0.697. The summed E-state index contributed by atoms with van der Waals surface area (Å²) in [5, 5.41) is 7.58. The molecule has 31 heavy (non-hydrogen) atoms. The van der Waals surface area contributed by atoms with E-state index in [2.05, 4.69) is 29.6 Å². The van der Waals surface area contributed by atoms with Crippen LogP contribution in [0.4, 0.5) is 0 Å². The number of hydrogen-bond acceptors (Lipinski definition) is 4. The molecule has 1 aliphatic carbocycles. The first kappa shape index (κ1) is 21.4. The summed E-state index contributed by atoms with van der Waals surface area (Å²) in [7, 11) is 3.25. The Labute approximate surface area is 189 Å². The molecule has 1 N–H and O–H groups in total. The van der Waals surface area contributed by atoms with Crippen molar-refractivity contribution in [3.05, 3.63) is 59.2 Å². The first-order valence-electron chi connectivity index (χ1n) is 10.7. The largest absolute Gasteiger partial charge is 0.493 e. The number of para-hydroxylation sites is 1. The average Bonchev–Trinajstić information content (AvgIpc) is 3.43. The maximum Gasteiger partial charge on any atom is 0.241 e. The zero-order chi connectivity index (χ0) is 21.8. The third-order valence-corrected chi connectivity index (χ3v) is 6.42. The number of benzene rings is 2. The van der Waals surface area contributed by atoms with Gasteiger partial charge in [-0.3, -0.25) is 14.8 Å². The number of methoxy groups -OCH3 is 2. The number of rotatable bonds is 6. The molecule has 1 saturated heterocycles. The molecule has 1 fully saturated rings. The van der Waals surface area contributed by atoms with Gasteiger partial charge in [-0.05, 0) is 54.6 Å². The van der Waals surface area contributed by atoms with Crippen LogP contribution in [-0.2, 0) is 24.2 Å². The third-order valence-electron chi connectivity index (χ3n) is 6.07. The summed E-state index contributed by atoms with van der Waals surface area (Å²) < 4.78 is 10.9. The third kappa shape index (κ3) is 4.61. The Morgan fingerprint density at radius 1 is 1.03 bits per heavy atom. The van der Waals surface area contributed by atoms with Gasteiger partial charge in [0.25, 0.3) is 0 Å². The molecule has 0 spiro atoms.